The van der Waals surface area contributed by atoms with E-state index in [1.54, 1.807) is 0 Å². The van der Waals surface area contributed by atoms with Crippen LogP contribution in [0.25, 0.3) is 0 Å². The van der Waals surface area contributed by atoms with Crippen LogP contribution in [-0.2, 0) is 11.2 Å². The normalized spacial score (nSPS) is 9.84. The standard InChI is InChI=1S/C13H18F2N2O.ClH/c1-16-8-3-6-13(18)17-9-7-10-11(14)4-2-5-12(10)15;/h2,4-5,16H,3,6-9H2,1H3,(H,17,18);1H. The smallest absolute Gasteiger partial charge is 0.220 e. The van der Waals surface area contributed by atoms with Crippen LogP contribution >= 0.6 is 12.4 Å². The van der Waals surface area contributed by atoms with Crippen molar-refractivity contribution in [3.8, 4) is 0 Å². The molecule has 0 bridgehead atoms. The number of hydrogen-bond acceptors (Lipinski definition) is 2. The van der Waals surface area contributed by atoms with Gasteiger partial charge in [0.15, 0.2) is 0 Å². The van der Waals surface area contributed by atoms with Crippen molar-refractivity contribution in [1.29, 1.82) is 0 Å². The molecule has 0 aliphatic rings. The molecule has 0 aliphatic carbocycles. The second kappa shape index (κ2) is 9.69. The topological polar surface area (TPSA) is 41.1 Å². The van der Waals surface area contributed by atoms with Crippen molar-refractivity contribution in [2.45, 2.75) is 19.3 Å². The fourth-order valence-corrected chi connectivity index (χ4v) is 1.61. The van der Waals surface area contributed by atoms with E-state index in [1.165, 1.54) is 18.2 Å². The molecule has 0 unspecified atom stereocenters. The molecule has 0 saturated carbocycles. The van der Waals surface area contributed by atoms with E-state index < -0.39 is 11.6 Å². The first-order valence-electron chi connectivity index (χ1n) is 5.99. The van der Waals surface area contributed by atoms with E-state index in [0.29, 0.717) is 6.42 Å². The van der Waals surface area contributed by atoms with Gasteiger partial charge in [0.1, 0.15) is 11.6 Å². The predicted molar refractivity (Wildman–Crippen MR) is 73.5 cm³/mol. The second-order valence-electron chi connectivity index (χ2n) is 4.01. The van der Waals surface area contributed by atoms with Crippen molar-refractivity contribution in [1.82, 2.24) is 10.6 Å². The Bertz CT molecular complexity index is 382. The van der Waals surface area contributed by atoms with Gasteiger partial charge < -0.3 is 10.6 Å². The van der Waals surface area contributed by atoms with Gasteiger partial charge in [-0.15, -0.1) is 12.4 Å². The van der Waals surface area contributed by atoms with E-state index in [0.717, 1.165) is 13.0 Å². The van der Waals surface area contributed by atoms with Gasteiger partial charge in [0.25, 0.3) is 0 Å². The van der Waals surface area contributed by atoms with Crippen LogP contribution in [0.15, 0.2) is 18.2 Å². The molecule has 0 radical (unpaired) electrons. The number of carbonyl (C=O) groups excluding carboxylic acids is 1. The Kier molecular flexibility index (Phi) is 9.08. The number of carbonyl (C=O) groups is 1. The fourth-order valence-electron chi connectivity index (χ4n) is 1.61. The first-order valence-corrected chi connectivity index (χ1v) is 5.99. The summed E-state index contributed by atoms with van der Waals surface area (Å²) in [4.78, 5) is 11.4. The Balaban J connectivity index is 0.00000324. The minimum atomic E-state index is -0.570. The maximum Gasteiger partial charge on any atom is 0.220 e. The first kappa shape index (κ1) is 17.8. The summed E-state index contributed by atoms with van der Waals surface area (Å²) in [6.45, 7) is 1.02. The van der Waals surface area contributed by atoms with Gasteiger partial charge >= 0.3 is 0 Å². The fraction of sp³-hybridized carbons (Fsp3) is 0.462. The molecular formula is C13H19ClF2N2O. The van der Waals surface area contributed by atoms with Gasteiger partial charge in [-0.05, 0) is 38.6 Å². The van der Waals surface area contributed by atoms with Gasteiger partial charge in [-0.2, -0.15) is 0 Å². The largest absolute Gasteiger partial charge is 0.356 e. The molecule has 0 saturated heterocycles. The summed E-state index contributed by atoms with van der Waals surface area (Å²) in [7, 11) is 1.82. The van der Waals surface area contributed by atoms with Crippen molar-refractivity contribution in [2.75, 3.05) is 20.1 Å². The molecule has 2 N–H and O–H groups in total. The van der Waals surface area contributed by atoms with Gasteiger partial charge in [-0.1, -0.05) is 6.07 Å². The lowest BCUT2D eigenvalue weighted by atomic mass is 10.1. The minimum Gasteiger partial charge on any atom is -0.356 e. The SMILES string of the molecule is CNCCCC(=O)NCCc1c(F)cccc1F.Cl. The number of nitrogens with one attached hydrogen (secondary N) is 2. The number of benzene rings is 1. The van der Waals surface area contributed by atoms with Crippen LogP contribution in [0, 0.1) is 11.6 Å². The maximum absolute atomic E-state index is 13.3. The Morgan fingerprint density at radius 2 is 1.84 bits per heavy atom. The summed E-state index contributed by atoms with van der Waals surface area (Å²) in [6, 6.07) is 3.75. The van der Waals surface area contributed by atoms with E-state index in [1.807, 2.05) is 7.05 Å². The molecule has 19 heavy (non-hydrogen) atoms. The molecule has 0 fully saturated rings. The first-order chi connectivity index (χ1) is 8.65. The molecule has 3 nitrogen and oxygen atoms in total. The quantitative estimate of drug-likeness (QED) is 0.755. The van der Waals surface area contributed by atoms with Gasteiger partial charge in [-0.3, -0.25) is 4.79 Å². The number of halogens is 3. The molecule has 0 atom stereocenters. The van der Waals surface area contributed by atoms with Gasteiger partial charge in [0.05, 0.1) is 0 Å². The van der Waals surface area contributed by atoms with Crippen LogP contribution in [0.1, 0.15) is 18.4 Å². The Morgan fingerprint density at radius 3 is 2.42 bits per heavy atom. The van der Waals surface area contributed by atoms with Gasteiger partial charge in [-0.25, -0.2) is 8.78 Å². The highest BCUT2D eigenvalue weighted by Gasteiger charge is 2.08. The lowest BCUT2D eigenvalue weighted by Crippen LogP contribution is -2.26. The Hall–Kier alpha value is -1.20. The van der Waals surface area contributed by atoms with Crippen molar-refractivity contribution < 1.29 is 13.6 Å². The monoisotopic (exact) mass is 292 g/mol. The Morgan fingerprint density at radius 1 is 1.21 bits per heavy atom. The zero-order chi connectivity index (χ0) is 13.4. The summed E-state index contributed by atoms with van der Waals surface area (Å²) in [5.41, 5.74) is 0.0213. The van der Waals surface area contributed by atoms with Crippen molar-refractivity contribution >= 4 is 18.3 Å². The predicted octanol–water partition coefficient (Wildman–Crippen LogP) is 2.04. The van der Waals surface area contributed by atoms with E-state index in [-0.39, 0.29) is 36.8 Å². The molecule has 108 valence electrons. The van der Waals surface area contributed by atoms with E-state index in [4.69, 9.17) is 0 Å². The van der Waals surface area contributed by atoms with Gasteiger partial charge in [0, 0.05) is 18.5 Å². The average molecular weight is 293 g/mol. The minimum absolute atomic E-state index is 0. The summed E-state index contributed by atoms with van der Waals surface area (Å²) >= 11 is 0. The van der Waals surface area contributed by atoms with Crippen molar-refractivity contribution in [2.24, 2.45) is 0 Å². The number of amides is 1. The van der Waals surface area contributed by atoms with Crippen LogP contribution in [0.2, 0.25) is 0 Å². The third-order valence-corrected chi connectivity index (χ3v) is 2.59. The van der Waals surface area contributed by atoms with Crippen LogP contribution in [0.3, 0.4) is 0 Å². The summed E-state index contributed by atoms with van der Waals surface area (Å²) in [5, 5.41) is 5.59. The van der Waals surface area contributed by atoms with E-state index >= 15 is 0 Å². The summed E-state index contributed by atoms with van der Waals surface area (Å²) in [5.74, 6) is -1.24. The van der Waals surface area contributed by atoms with Crippen LogP contribution in [0.5, 0.6) is 0 Å². The van der Waals surface area contributed by atoms with Crippen molar-refractivity contribution in [3.63, 3.8) is 0 Å². The summed E-state index contributed by atoms with van der Waals surface area (Å²) in [6.07, 6.45) is 1.33. The van der Waals surface area contributed by atoms with Crippen LogP contribution < -0.4 is 10.6 Å². The molecule has 0 spiro atoms. The zero-order valence-electron chi connectivity index (χ0n) is 10.8. The zero-order valence-corrected chi connectivity index (χ0v) is 11.7. The third-order valence-electron chi connectivity index (χ3n) is 2.59. The van der Waals surface area contributed by atoms with Gasteiger partial charge in [0.2, 0.25) is 5.91 Å². The van der Waals surface area contributed by atoms with Crippen molar-refractivity contribution in [3.05, 3.63) is 35.4 Å². The van der Waals surface area contributed by atoms with Crippen LogP contribution in [-0.4, -0.2) is 26.0 Å². The van der Waals surface area contributed by atoms with E-state index in [2.05, 4.69) is 10.6 Å². The number of hydrogen-bond donors (Lipinski definition) is 2. The molecule has 1 aromatic rings. The maximum atomic E-state index is 13.3. The van der Waals surface area contributed by atoms with E-state index in [9.17, 15) is 13.6 Å². The lowest BCUT2D eigenvalue weighted by Gasteiger charge is -2.07. The third kappa shape index (κ3) is 6.50. The molecule has 1 rings (SSSR count). The molecule has 0 heterocycles. The molecule has 1 aromatic carbocycles. The summed E-state index contributed by atoms with van der Waals surface area (Å²) < 4.78 is 26.5. The highest BCUT2D eigenvalue weighted by molar-refractivity contribution is 5.85. The molecular weight excluding hydrogens is 274 g/mol. The molecule has 1 amide bonds. The Labute approximate surface area is 118 Å². The lowest BCUT2D eigenvalue weighted by molar-refractivity contribution is -0.121. The number of rotatable bonds is 7. The van der Waals surface area contributed by atoms with Crippen LogP contribution in [0.4, 0.5) is 8.78 Å². The average Bonchev–Trinajstić information content (AvgIpc) is 2.33. The highest BCUT2D eigenvalue weighted by atomic mass is 35.5. The second-order valence-corrected chi connectivity index (χ2v) is 4.01. The molecule has 0 aliphatic heterocycles. The molecule has 6 heteroatoms. The highest BCUT2D eigenvalue weighted by Crippen LogP contribution is 2.11. The molecule has 0 aromatic heterocycles.